The van der Waals surface area contributed by atoms with Gasteiger partial charge in [0.1, 0.15) is 29.0 Å². The molecule has 0 spiro atoms. The molecule has 0 amide bonds. The number of nitrogens with one attached hydrogen (secondary N) is 1. The largest absolute Gasteiger partial charge is 0.497 e. The second kappa shape index (κ2) is 7.99. The molecule has 7 heteroatoms. The summed E-state index contributed by atoms with van der Waals surface area (Å²) >= 11 is 0. The fraction of sp³-hybridized carbons (Fsp3) is 0.200. The number of hydrogen-bond acceptors (Lipinski definition) is 6. The van der Waals surface area contributed by atoms with Gasteiger partial charge in [0.2, 0.25) is 0 Å². The molecule has 1 aromatic heterocycles. The molecule has 0 saturated heterocycles. The average molecular weight is 367 g/mol. The summed E-state index contributed by atoms with van der Waals surface area (Å²) in [5.41, 5.74) is 1.83. The fourth-order valence-electron chi connectivity index (χ4n) is 2.83. The number of ether oxygens (including phenoxy) is 1. The molecule has 0 fully saturated rings. The lowest BCUT2D eigenvalue weighted by molar-refractivity contribution is 0.105. The van der Waals surface area contributed by atoms with Gasteiger partial charge in [0.25, 0.3) is 0 Å². The van der Waals surface area contributed by atoms with Crippen molar-refractivity contribution < 1.29 is 19.3 Å². The maximum atomic E-state index is 13.8. The van der Waals surface area contributed by atoms with Crippen LogP contribution in [0.5, 0.6) is 5.75 Å². The van der Waals surface area contributed by atoms with Crippen LogP contribution in [0.15, 0.2) is 42.5 Å². The predicted octanol–water partition coefficient (Wildman–Crippen LogP) is 2.69. The van der Waals surface area contributed by atoms with Crippen molar-refractivity contribution >= 4 is 16.7 Å². The molecule has 138 valence electrons. The van der Waals surface area contributed by atoms with E-state index in [1.807, 2.05) is 0 Å². The third-order valence-electron chi connectivity index (χ3n) is 4.13. The van der Waals surface area contributed by atoms with E-state index in [4.69, 9.17) is 9.84 Å². The van der Waals surface area contributed by atoms with Crippen LogP contribution < -0.4 is 10.1 Å². The Balaban J connectivity index is 2.28. The zero-order valence-electron chi connectivity index (χ0n) is 14.6. The van der Waals surface area contributed by atoms with Crippen LogP contribution in [0.25, 0.3) is 22.0 Å². The Hall–Kier alpha value is -3.21. The van der Waals surface area contributed by atoms with Crippen molar-refractivity contribution in [1.29, 1.82) is 5.26 Å². The van der Waals surface area contributed by atoms with Gasteiger partial charge in [-0.2, -0.15) is 5.26 Å². The van der Waals surface area contributed by atoms with E-state index in [-0.39, 0.29) is 17.9 Å². The summed E-state index contributed by atoms with van der Waals surface area (Å²) in [7, 11) is 1.54. The number of pyridine rings is 1. The van der Waals surface area contributed by atoms with E-state index in [0.717, 1.165) is 0 Å². The first kappa shape index (κ1) is 18.6. The number of methoxy groups -OCH3 is 1. The average Bonchev–Trinajstić information content (AvgIpc) is 2.70. The lowest BCUT2D eigenvalue weighted by Crippen LogP contribution is -2.23. The number of hydrogen-bond donors (Lipinski definition) is 3. The van der Waals surface area contributed by atoms with Gasteiger partial charge in [-0.15, -0.1) is 0 Å². The quantitative estimate of drug-likeness (QED) is 0.620. The minimum Gasteiger partial charge on any atom is -0.497 e. The van der Waals surface area contributed by atoms with Gasteiger partial charge < -0.3 is 20.3 Å². The van der Waals surface area contributed by atoms with E-state index in [0.29, 0.717) is 27.8 Å². The molecule has 6 nitrogen and oxygen atoms in total. The lowest BCUT2D eigenvalue weighted by atomic mass is 9.95. The number of nitriles is 1. The first-order chi connectivity index (χ1) is 13.1. The van der Waals surface area contributed by atoms with E-state index in [2.05, 4.69) is 16.4 Å². The summed E-state index contributed by atoms with van der Waals surface area (Å²) in [6.07, 6.45) is -0.998. The number of benzene rings is 2. The van der Waals surface area contributed by atoms with Crippen LogP contribution in [0.3, 0.4) is 0 Å². The summed E-state index contributed by atoms with van der Waals surface area (Å²) < 4.78 is 19.1. The third-order valence-corrected chi connectivity index (χ3v) is 4.13. The molecule has 0 unspecified atom stereocenters. The van der Waals surface area contributed by atoms with E-state index < -0.39 is 18.5 Å². The molecule has 3 rings (SSSR count). The maximum absolute atomic E-state index is 13.8. The van der Waals surface area contributed by atoms with Crippen LogP contribution in [0.2, 0.25) is 0 Å². The molecular weight excluding hydrogens is 349 g/mol. The van der Waals surface area contributed by atoms with Crippen LogP contribution in [-0.2, 0) is 0 Å². The Morgan fingerprint density at radius 3 is 2.78 bits per heavy atom. The Bertz CT molecular complexity index is 1020. The van der Waals surface area contributed by atoms with Gasteiger partial charge in [-0.05, 0) is 35.9 Å². The lowest BCUT2D eigenvalue weighted by Gasteiger charge is -2.16. The predicted molar refractivity (Wildman–Crippen MR) is 100.0 cm³/mol. The number of aliphatic hydroxyl groups excluding tert-OH is 2. The number of halogens is 1. The second-order valence-corrected chi connectivity index (χ2v) is 5.93. The van der Waals surface area contributed by atoms with E-state index in [1.165, 1.54) is 19.2 Å². The van der Waals surface area contributed by atoms with Crippen molar-refractivity contribution in [2.45, 2.75) is 6.10 Å². The highest BCUT2D eigenvalue weighted by Gasteiger charge is 2.18. The van der Waals surface area contributed by atoms with Crippen LogP contribution in [-0.4, -0.2) is 41.6 Å². The molecule has 1 heterocycles. The van der Waals surface area contributed by atoms with Crippen molar-refractivity contribution in [2.75, 3.05) is 25.6 Å². The molecule has 0 aliphatic carbocycles. The Kier molecular flexibility index (Phi) is 5.50. The van der Waals surface area contributed by atoms with Gasteiger partial charge >= 0.3 is 0 Å². The minimum atomic E-state index is -0.998. The summed E-state index contributed by atoms with van der Waals surface area (Å²) in [5.74, 6) is 0.415. The van der Waals surface area contributed by atoms with Crippen molar-refractivity contribution in [1.82, 2.24) is 4.98 Å². The molecular formula is C20H18FN3O3. The number of fused-ring (bicyclic) bond motifs is 1. The summed E-state index contributed by atoms with van der Waals surface area (Å²) in [5, 5.41) is 31.9. The van der Waals surface area contributed by atoms with Crippen LogP contribution in [0.4, 0.5) is 10.2 Å². The number of nitrogens with zero attached hydrogens (tertiary/aromatic N) is 2. The molecule has 0 aliphatic heterocycles. The Morgan fingerprint density at radius 1 is 1.30 bits per heavy atom. The first-order valence-corrected chi connectivity index (χ1v) is 8.28. The van der Waals surface area contributed by atoms with E-state index in [1.54, 1.807) is 30.3 Å². The highest BCUT2D eigenvalue weighted by molar-refractivity contribution is 6.00. The Morgan fingerprint density at radius 2 is 2.11 bits per heavy atom. The summed E-state index contributed by atoms with van der Waals surface area (Å²) in [4.78, 5) is 4.46. The summed E-state index contributed by atoms with van der Waals surface area (Å²) in [6.45, 7) is -0.404. The number of aliphatic hydroxyl groups is 2. The third kappa shape index (κ3) is 3.82. The van der Waals surface area contributed by atoms with Crippen LogP contribution >= 0.6 is 0 Å². The zero-order chi connectivity index (χ0) is 19.4. The van der Waals surface area contributed by atoms with Gasteiger partial charge in [0.05, 0.1) is 25.3 Å². The molecule has 0 aliphatic rings. The molecule has 3 aromatic rings. The van der Waals surface area contributed by atoms with Crippen molar-refractivity contribution in [3.8, 4) is 22.9 Å². The van der Waals surface area contributed by atoms with E-state index in [9.17, 15) is 14.8 Å². The minimum absolute atomic E-state index is 0.0163. The molecule has 1 atom stereocenters. The van der Waals surface area contributed by atoms with Crippen LogP contribution in [0.1, 0.15) is 5.56 Å². The molecule has 2 aromatic carbocycles. The normalized spacial score (nSPS) is 11.8. The maximum Gasteiger partial charge on any atom is 0.145 e. The van der Waals surface area contributed by atoms with Crippen molar-refractivity contribution in [3.63, 3.8) is 0 Å². The smallest absolute Gasteiger partial charge is 0.145 e. The second-order valence-electron chi connectivity index (χ2n) is 5.93. The molecule has 0 radical (unpaired) electrons. The first-order valence-electron chi connectivity index (χ1n) is 8.28. The van der Waals surface area contributed by atoms with E-state index >= 15 is 0 Å². The van der Waals surface area contributed by atoms with Crippen molar-refractivity contribution in [2.24, 2.45) is 0 Å². The zero-order valence-corrected chi connectivity index (χ0v) is 14.6. The summed E-state index contributed by atoms with van der Waals surface area (Å²) in [6, 6.07) is 13.3. The van der Waals surface area contributed by atoms with Gasteiger partial charge in [-0.1, -0.05) is 12.1 Å². The van der Waals surface area contributed by atoms with Gasteiger partial charge in [0, 0.05) is 17.5 Å². The van der Waals surface area contributed by atoms with Gasteiger partial charge in [-0.3, -0.25) is 0 Å². The molecule has 0 bridgehead atoms. The SMILES string of the molecule is COc1ccc2nc(NC[C@H](O)CO)c(C#N)c(-c3cccc(F)c3)c2c1. The highest BCUT2D eigenvalue weighted by Crippen LogP contribution is 2.36. The highest BCUT2D eigenvalue weighted by atomic mass is 19.1. The van der Waals surface area contributed by atoms with Gasteiger partial charge in [-0.25, -0.2) is 9.37 Å². The standard InChI is InChI=1S/C20H18FN3O3/c1-27-15-5-6-18-16(8-15)19(12-3-2-4-13(21)7-12)17(9-22)20(24-18)23-10-14(26)11-25/h2-8,14,25-26H,10-11H2,1H3,(H,23,24)/t14-/m0/s1. The number of anilines is 1. The molecule has 3 N–H and O–H groups in total. The number of rotatable bonds is 6. The van der Waals surface area contributed by atoms with Gasteiger partial charge in [0.15, 0.2) is 0 Å². The fourth-order valence-corrected chi connectivity index (χ4v) is 2.83. The number of aromatic nitrogens is 1. The monoisotopic (exact) mass is 367 g/mol. The topological polar surface area (TPSA) is 98.4 Å². The van der Waals surface area contributed by atoms with Crippen LogP contribution in [0, 0.1) is 17.1 Å². The Labute approximate surface area is 155 Å². The molecule has 27 heavy (non-hydrogen) atoms. The molecule has 0 saturated carbocycles. The van der Waals surface area contributed by atoms with Crippen molar-refractivity contribution in [3.05, 3.63) is 53.8 Å².